The van der Waals surface area contributed by atoms with Crippen molar-refractivity contribution >= 4 is 6.09 Å². The van der Waals surface area contributed by atoms with Crippen molar-refractivity contribution in [3.05, 3.63) is 0 Å². The lowest BCUT2D eigenvalue weighted by Crippen LogP contribution is -2.17. The number of rotatable bonds is 2. The Balaban J connectivity index is 2.27. The second-order valence-corrected chi connectivity index (χ2v) is 2.66. The summed E-state index contributed by atoms with van der Waals surface area (Å²) in [4.78, 5) is 12.3. The van der Waals surface area contributed by atoms with E-state index in [0.717, 1.165) is 19.3 Å². The van der Waals surface area contributed by atoms with Gasteiger partial charge < -0.3 is 4.74 Å². The van der Waals surface area contributed by atoms with Gasteiger partial charge >= 0.3 is 6.09 Å². The Labute approximate surface area is 72.7 Å². The lowest BCUT2D eigenvalue weighted by molar-refractivity contribution is 0.167. The summed E-state index contributed by atoms with van der Waals surface area (Å²) in [6, 6.07) is 2.77. The molecule has 0 saturated carbocycles. The highest BCUT2D eigenvalue weighted by atomic mass is 16.6. The highest BCUT2D eigenvalue weighted by molar-refractivity contribution is 5.71. The van der Waals surface area contributed by atoms with Crippen molar-refractivity contribution in [3.8, 4) is 12.0 Å². The number of carbonyl (C=O) groups is 1. The molecule has 0 aromatic heterocycles. The number of carbonyl (C=O) groups excluding carboxylic acids is 1. The van der Waals surface area contributed by atoms with E-state index in [1.807, 2.05) is 0 Å². The average Bonchev–Trinajstić information content (AvgIpc) is 2.46. The van der Waals surface area contributed by atoms with Crippen molar-refractivity contribution < 1.29 is 9.53 Å². The summed E-state index contributed by atoms with van der Waals surface area (Å²) in [6.45, 7) is 3.20. The highest BCUT2D eigenvalue weighted by Gasteiger charge is 2.19. The first-order chi connectivity index (χ1) is 5.84. The first-order valence-electron chi connectivity index (χ1n) is 4.27. The number of hydrogen-bond acceptors (Lipinski definition) is 2. The molecule has 0 atom stereocenters. The normalized spacial score (nSPS) is 15.4. The molecule has 0 unspecified atom stereocenters. The largest absolute Gasteiger partial charge is 0.447 e. The van der Waals surface area contributed by atoms with Crippen LogP contribution < -0.4 is 0 Å². The van der Waals surface area contributed by atoms with Crippen LogP contribution in [0.15, 0.2) is 0 Å². The molecule has 66 valence electrons. The molecule has 1 amide bonds. The minimum atomic E-state index is -0.306. The van der Waals surface area contributed by atoms with E-state index in [-0.39, 0.29) is 6.09 Å². The Kier molecular flexibility index (Phi) is 3.46. The van der Waals surface area contributed by atoms with Gasteiger partial charge in [-0.05, 0) is 6.42 Å². The number of amides is 1. The van der Waals surface area contributed by atoms with E-state index in [0.29, 0.717) is 13.2 Å². The van der Waals surface area contributed by atoms with Gasteiger partial charge in [-0.1, -0.05) is 19.3 Å². The second-order valence-electron chi connectivity index (χ2n) is 2.66. The zero-order valence-electron chi connectivity index (χ0n) is 7.30. The van der Waals surface area contributed by atoms with E-state index in [1.54, 1.807) is 0 Å². The zero-order valence-corrected chi connectivity index (χ0v) is 7.30. The van der Waals surface area contributed by atoms with Gasteiger partial charge in [0.25, 0.3) is 0 Å². The molecule has 0 spiro atoms. The molecule has 1 heterocycles. The summed E-state index contributed by atoms with van der Waals surface area (Å²) in [5.74, 6) is 2.93. The summed E-state index contributed by atoms with van der Waals surface area (Å²) in [6.07, 6.45) is 2.79. The molecule has 0 bridgehead atoms. The van der Waals surface area contributed by atoms with Crippen LogP contribution in [0.25, 0.3) is 0 Å². The Hall–Kier alpha value is -1.17. The fourth-order valence-corrected chi connectivity index (χ4v) is 0.911. The second kappa shape index (κ2) is 4.66. The lowest BCUT2D eigenvalue weighted by Gasteiger charge is -1.99. The van der Waals surface area contributed by atoms with Crippen molar-refractivity contribution in [1.82, 2.24) is 4.90 Å². The van der Waals surface area contributed by atoms with Crippen LogP contribution in [0.3, 0.4) is 0 Å². The van der Waals surface area contributed by atoms with Gasteiger partial charge in [0.2, 0.25) is 0 Å². The van der Waals surface area contributed by atoms with Crippen LogP contribution in [0, 0.1) is 12.0 Å². The molecule has 12 heavy (non-hydrogen) atoms. The lowest BCUT2D eigenvalue weighted by atomic mass is 10.3. The predicted molar refractivity (Wildman–Crippen MR) is 45.4 cm³/mol. The molecule has 0 N–H and O–H groups in total. The van der Waals surface area contributed by atoms with Crippen LogP contribution in [-0.4, -0.2) is 24.1 Å². The van der Waals surface area contributed by atoms with Gasteiger partial charge in [-0.15, -0.1) is 0 Å². The maximum Gasteiger partial charge on any atom is 0.421 e. The molecule has 1 aliphatic rings. The van der Waals surface area contributed by atoms with Gasteiger partial charge in [-0.3, -0.25) is 0 Å². The molecule has 0 aromatic rings. The minimum absolute atomic E-state index is 0.306. The minimum Gasteiger partial charge on any atom is -0.447 e. The van der Waals surface area contributed by atoms with Crippen molar-refractivity contribution in [1.29, 1.82) is 0 Å². The molecule has 3 heteroatoms. The summed E-state index contributed by atoms with van der Waals surface area (Å²) >= 11 is 0. The summed E-state index contributed by atoms with van der Waals surface area (Å²) in [5, 5.41) is 0. The van der Waals surface area contributed by atoms with Gasteiger partial charge in [0.15, 0.2) is 0 Å². The third kappa shape index (κ3) is 2.46. The average molecular weight is 167 g/mol. The molecule has 1 aliphatic heterocycles. The summed E-state index contributed by atoms with van der Waals surface area (Å²) in [5.41, 5.74) is 0. The maximum absolute atomic E-state index is 10.8. The third-order valence-corrected chi connectivity index (χ3v) is 1.63. The number of cyclic esters (lactones) is 1. The van der Waals surface area contributed by atoms with E-state index >= 15 is 0 Å². The maximum atomic E-state index is 10.8. The molecule has 0 aromatic carbocycles. The molecular formula is C9H13NO2. The SMILES string of the molecule is CCCCC#CN1CCOC1=O. The Morgan fingerprint density at radius 2 is 2.50 bits per heavy atom. The Morgan fingerprint density at radius 3 is 3.08 bits per heavy atom. The van der Waals surface area contributed by atoms with Gasteiger partial charge in [0.05, 0.1) is 6.54 Å². The van der Waals surface area contributed by atoms with Crippen LogP contribution in [-0.2, 0) is 4.74 Å². The van der Waals surface area contributed by atoms with Gasteiger partial charge in [0, 0.05) is 12.5 Å². The molecule has 0 aliphatic carbocycles. The first kappa shape index (κ1) is 8.92. The van der Waals surface area contributed by atoms with E-state index in [9.17, 15) is 4.79 Å². The number of unbranched alkanes of at least 4 members (excludes halogenated alkanes) is 2. The number of ether oxygens (including phenoxy) is 1. The quantitative estimate of drug-likeness (QED) is 0.461. The van der Waals surface area contributed by atoms with Crippen molar-refractivity contribution in [2.24, 2.45) is 0 Å². The molecule has 1 rings (SSSR count). The van der Waals surface area contributed by atoms with Crippen LogP contribution in [0.4, 0.5) is 4.79 Å². The molecule has 1 fully saturated rings. The fraction of sp³-hybridized carbons (Fsp3) is 0.667. The van der Waals surface area contributed by atoms with E-state index < -0.39 is 0 Å². The smallest absolute Gasteiger partial charge is 0.421 e. The van der Waals surface area contributed by atoms with Crippen LogP contribution >= 0.6 is 0 Å². The van der Waals surface area contributed by atoms with Crippen LogP contribution in [0.1, 0.15) is 26.2 Å². The summed E-state index contributed by atoms with van der Waals surface area (Å²) in [7, 11) is 0. The topological polar surface area (TPSA) is 29.5 Å². The van der Waals surface area contributed by atoms with Crippen LogP contribution in [0.5, 0.6) is 0 Å². The number of nitrogens with zero attached hydrogens (tertiary/aromatic N) is 1. The molecule has 1 saturated heterocycles. The summed E-state index contributed by atoms with van der Waals surface area (Å²) < 4.78 is 4.71. The molecule has 3 nitrogen and oxygen atoms in total. The Bertz CT molecular complexity index is 214. The van der Waals surface area contributed by atoms with Crippen molar-refractivity contribution in [2.75, 3.05) is 13.2 Å². The van der Waals surface area contributed by atoms with E-state index in [1.165, 1.54) is 4.90 Å². The van der Waals surface area contributed by atoms with E-state index in [4.69, 9.17) is 4.74 Å². The fourth-order valence-electron chi connectivity index (χ4n) is 0.911. The van der Waals surface area contributed by atoms with Crippen molar-refractivity contribution in [2.45, 2.75) is 26.2 Å². The Morgan fingerprint density at radius 1 is 1.67 bits per heavy atom. The van der Waals surface area contributed by atoms with Gasteiger partial charge in [0.1, 0.15) is 6.61 Å². The van der Waals surface area contributed by atoms with E-state index in [2.05, 4.69) is 18.9 Å². The predicted octanol–water partition coefficient (Wildman–Crippen LogP) is 1.59. The first-order valence-corrected chi connectivity index (χ1v) is 4.27. The van der Waals surface area contributed by atoms with Gasteiger partial charge in [-0.25, -0.2) is 9.69 Å². The van der Waals surface area contributed by atoms with Crippen LogP contribution in [0.2, 0.25) is 0 Å². The van der Waals surface area contributed by atoms with Crippen molar-refractivity contribution in [3.63, 3.8) is 0 Å². The van der Waals surface area contributed by atoms with Gasteiger partial charge in [-0.2, -0.15) is 0 Å². The zero-order chi connectivity index (χ0) is 8.81. The molecular weight excluding hydrogens is 154 g/mol. The monoisotopic (exact) mass is 167 g/mol. The molecule has 0 radical (unpaired) electrons. The third-order valence-electron chi connectivity index (χ3n) is 1.63. The number of hydrogen-bond donors (Lipinski definition) is 0. The standard InChI is InChI=1S/C9H13NO2/c1-2-3-4-5-6-10-7-8-12-9(10)11/h2-4,7-8H2,1H3. The highest BCUT2D eigenvalue weighted by Crippen LogP contribution is 2.00.